The average Bonchev–Trinajstić information content (AvgIpc) is 2.37. The summed E-state index contributed by atoms with van der Waals surface area (Å²) in [4.78, 5) is 0. The summed E-state index contributed by atoms with van der Waals surface area (Å²) in [7, 11) is 0. The summed E-state index contributed by atoms with van der Waals surface area (Å²) < 4.78 is 0. The minimum absolute atomic E-state index is 0.210. The Morgan fingerprint density at radius 3 is 2.43 bits per heavy atom. The Labute approximate surface area is 135 Å². The Morgan fingerprint density at radius 1 is 1.19 bits per heavy atom. The van der Waals surface area contributed by atoms with Crippen LogP contribution in [0.4, 0.5) is 0 Å². The molecule has 0 unspecified atom stereocenters. The molecule has 21 heavy (non-hydrogen) atoms. The highest BCUT2D eigenvalue weighted by atomic mass is 32.1. The Balaban J connectivity index is 1.90. The Morgan fingerprint density at radius 2 is 1.86 bits per heavy atom. The van der Waals surface area contributed by atoms with Gasteiger partial charge in [0.1, 0.15) is 5.54 Å². The van der Waals surface area contributed by atoms with Crippen LogP contribution in [0.1, 0.15) is 72.1 Å². The van der Waals surface area contributed by atoms with Gasteiger partial charge in [-0.15, -0.1) is 6.42 Å². The molecule has 2 N–H and O–H groups in total. The van der Waals surface area contributed by atoms with Crippen molar-refractivity contribution < 1.29 is 0 Å². The molecule has 0 aromatic rings. The van der Waals surface area contributed by atoms with Crippen molar-refractivity contribution in [1.29, 1.82) is 0 Å². The lowest BCUT2D eigenvalue weighted by molar-refractivity contribution is 0.161. The van der Waals surface area contributed by atoms with Crippen LogP contribution in [-0.2, 0) is 0 Å². The molecular weight excluding hydrogens is 276 g/mol. The fraction of sp³-hybridized carbons (Fsp3) is 0.833. The van der Waals surface area contributed by atoms with Crippen LogP contribution in [0.15, 0.2) is 0 Å². The molecule has 2 aliphatic carbocycles. The second-order valence-electron chi connectivity index (χ2n) is 8.00. The van der Waals surface area contributed by atoms with Gasteiger partial charge in [-0.1, -0.05) is 46.0 Å². The largest absolute Gasteiger partial charge is 0.360 e. The molecule has 0 aliphatic heterocycles. The normalized spacial score (nSPS) is 31.0. The molecule has 2 fully saturated rings. The molecule has 2 rings (SSSR count). The first-order chi connectivity index (χ1) is 9.84. The molecule has 0 radical (unpaired) electrons. The summed E-state index contributed by atoms with van der Waals surface area (Å²) in [5.74, 6) is 3.73. The van der Waals surface area contributed by atoms with Gasteiger partial charge in [0.25, 0.3) is 0 Å². The van der Waals surface area contributed by atoms with Crippen molar-refractivity contribution in [2.45, 2.75) is 83.7 Å². The minimum Gasteiger partial charge on any atom is -0.360 e. The first-order valence-electron chi connectivity index (χ1n) is 8.41. The van der Waals surface area contributed by atoms with Crippen molar-refractivity contribution in [1.82, 2.24) is 10.6 Å². The van der Waals surface area contributed by atoms with Gasteiger partial charge in [0, 0.05) is 6.04 Å². The number of hydrogen-bond donors (Lipinski definition) is 2. The molecule has 0 saturated heterocycles. The fourth-order valence-electron chi connectivity index (χ4n) is 4.36. The molecule has 0 spiro atoms. The van der Waals surface area contributed by atoms with E-state index in [0.717, 1.165) is 23.9 Å². The maximum absolute atomic E-state index is 5.78. The third-order valence-electron chi connectivity index (χ3n) is 5.06. The van der Waals surface area contributed by atoms with Crippen molar-refractivity contribution in [3.8, 4) is 12.3 Å². The standard InChI is InChI=1S/C18H30N2S/c1-5-18(9-7-6-8-10-18)20-16(21)19-15-11-14(2)12-17(3,4)13-15/h1,14-15H,6-13H2,2-4H3,(H2,19,20,21)/t14-,15+/m1/s1. The van der Waals surface area contributed by atoms with Gasteiger partial charge in [-0.3, -0.25) is 0 Å². The monoisotopic (exact) mass is 306 g/mol. The lowest BCUT2D eigenvalue weighted by Crippen LogP contribution is -2.55. The van der Waals surface area contributed by atoms with Gasteiger partial charge in [0.05, 0.1) is 0 Å². The van der Waals surface area contributed by atoms with Crippen molar-refractivity contribution in [2.75, 3.05) is 0 Å². The SMILES string of the molecule is C#CC1(NC(=S)N[C@H]2C[C@@H](C)CC(C)(C)C2)CCCCC1. The predicted octanol–water partition coefficient (Wildman–Crippen LogP) is 4.00. The van der Waals surface area contributed by atoms with Crippen molar-refractivity contribution >= 4 is 17.3 Å². The second-order valence-corrected chi connectivity index (χ2v) is 8.40. The zero-order valence-corrected chi connectivity index (χ0v) is 14.6. The fourth-order valence-corrected chi connectivity index (χ4v) is 4.72. The highest BCUT2D eigenvalue weighted by Gasteiger charge is 2.34. The van der Waals surface area contributed by atoms with E-state index in [-0.39, 0.29) is 5.54 Å². The third kappa shape index (κ3) is 4.61. The molecule has 3 heteroatoms. The van der Waals surface area contributed by atoms with E-state index in [4.69, 9.17) is 18.6 Å². The Kier molecular flexibility index (Phi) is 5.20. The van der Waals surface area contributed by atoms with E-state index in [1.165, 1.54) is 38.5 Å². The molecule has 0 bridgehead atoms. The van der Waals surface area contributed by atoms with Crippen LogP contribution in [0.3, 0.4) is 0 Å². The quantitative estimate of drug-likeness (QED) is 0.595. The van der Waals surface area contributed by atoms with Crippen LogP contribution in [-0.4, -0.2) is 16.7 Å². The third-order valence-corrected chi connectivity index (χ3v) is 5.28. The van der Waals surface area contributed by atoms with Gasteiger partial charge in [0.15, 0.2) is 5.11 Å². The number of hydrogen-bond acceptors (Lipinski definition) is 1. The predicted molar refractivity (Wildman–Crippen MR) is 94.1 cm³/mol. The molecule has 2 saturated carbocycles. The lowest BCUT2D eigenvalue weighted by atomic mass is 9.70. The molecular formula is C18H30N2S. The summed E-state index contributed by atoms with van der Waals surface area (Å²) >= 11 is 5.55. The topological polar surface area (TPSA) is 24.1 Å². The molecule has 2 aliphatic rings. The van der Waals surface area contributed by atoms with E-state index in [0.29, 0.717) is 11.5 Å². The number of terminal acetylenes is 1. The van der Waals surface area contributed by atoms with Gasteiger partial charge in [-0.2, -0.15) is 0 Å². The van der Waals surface area contributed by atoms with Crippen LogP contribution >= 0.6 is 12.2 Å². The smallest absolute Gasteiger partial charge is 0.167 e. The zero-order valence-electron chi connectivity index (χ0n) is 13.8. The summed E-state index contributed by atoms with van der Waals surface area (Å²) in [6, 6.07) is 0.474. The summed E-state index contributed by atoms with van der Waals surface area (Å²) in [6.45, 7) is 7.06. The summed E-state index contributed by atoms with van der Waals surface area (Å²) in [5, 5.41) is 7.75. The van der Waals surface area contributed by atoms with Gasteiger partial charge in [-0.05, 0) is 55.7 Å². The van der Waals surface area contributed by atoms with Crippen LogP contribution in [0.5, 0.6) is 0 Å². The van der Waals surface area contributed by atoms with Gasteiger partial charge >= 0.3 is 0 Å². The molecule has 2 nitrogen and oxygen atoms in total. The molecule has 0 aromatic heterocycles. The molecule has 2 atom stereocenters. The van der Waals surface area contributed by atoms with E-state index in [2.05, 4.69) is 37.3 Å². The van der Waals surface area contributed by atoms with Crippen molar-refractivity contribution in [3.05, 3.63) is 0 Å². The van der Waals surface area contributed by atoms with E-state index >= 15 is 0 Å². The van der Waals surface area contributed by atoms with Crippen LogP contribution in [0.2, 0.25) is 0 Å². The van der Waals surface area contributed by atoms with Crippen LogP contribution < -0.4 is 10.6 Å². The summed E-state index contributed by atoms with van der Waals surface area (Å²) in [6.07, 6.45) is 15.2. The zero-order chi connectivity index (χ0) is 15.5. The van der Waals surface area contributed by atoms with Gasteiger partial charge in [0.2, 0.25) is 0 Å². The molecule has 0 aromatic carbocycles. The number of rotatable bonds is 2. The average molecular weight is 307 g/mol. The van der Waals surface area contributed by atoms with Gasteiger partial charge < -0.3 is 10.6 Å². The van der Waals surface area contributed by atoms with Crippen molar-refractivity contribution in [2.24, 2.45) is 11.3 Å². The molecule has 0 amide bonds. The van der Waals surface area contributed by atoms with E-state index in [1.807, 2.05) is 0 Å². The Bertz CT molecular complexity index is 415. The summed E-state index contributed by atoms with van der Waals surface area (Å²) in [5.41, 5.74) is 0.192. The second kappa shape index (κ2) is 6.57. The Hall–Kier alpha value is -0.750. The highest BCUT2D eigenvalue weighted by molar-refractivity contribution is 7.80. The maximum atomic E-state index is 5.78. The maximum Gasteiger partial charge on any atom is 0.167 e. The van der Waals surface area contributed by atoms with Crippen LogP contribution in [0, 0.1) is 23.7 Å². The number of thiocarbonyl (C=S) groups is 1. The first kappa shape index (κ1) is 16.6. The van der Waals surface area contributed by atoms with E-state index in [9.17, 15) is 0 Å². The lowest BCUT2D eigenvalue weighted by Gasteiger charge is -2.41. The minimum atomic E-state index is -0.210. The molecule has 0 heterocycles. The van der Waals surface area contributed by atoms with E-state index in [1.54, 1.807) is 0 Å². The first-order valence-corrected chi connectivity index (χ1v) is 8.81. The highest BCUT2D eigenvalue weighted by Crippen LogP contribution is 2.38. The van der Waals surface area contributed by atoms with Gasteiger partial charge in [-0.25, -0.2) is 0 Å². The van der Waals surface area contributed by atoms with E-state index < -0.39 is 0 Å². The molecule has 118 valence electrons. The van der Waals surface area contributed by atoms with Crippen LogP contribution in [0.25, 0.3) is 0 Å². The van der Waals surface area contributed by atoms with Crippen molar-refractivity contribution in [3.63, 3.8) is 0 Å². The number of nitrogens with one attached hydrogen (secondary N) is 2.